The molecule has 0 radical (unpaired) electrons. The summed E-state index contributed by atoms with van der Waals surface area (Å²) in [4.78, 5) is 21.9. The lowest BCUT2D eigenvalue weighted by Crippen LogP contribution is -2.32. The molecule has 3 aromatic heterocycles. The zero-order valence-electron chi connectivity index (χ0n) is 15.6. The summed E-state index contributed by atoms with van der Waals surface area (Å²) in [5.41, 5.74) is 8.69. The minimum atomic E-state index is -0.282. The summed E-state index contributed by atoms with van der Waals surface area (Å²) in [7, 11) is 1.62. The van der Waals surface area contributed by atoms with Crippen LogP contribution in [-0.2, 0) is 0 Å². The number of nitrogens with zero attached hydrogens (tertiary/aromatic N) is 1. The molecule has 4 N–H and O–H groups in total. The number of pyridine rings is 1. The molecule has 1 atom stereocenters. The van der Waals surface area contributed by atoms with Gasteiger partial charge < -0.3 is 20.8 Å². The second-order valence-electron chi connectivity index (χ2n) is 6.42. The van der Waals surface area contributed by atoms with E-state index in [9.17, 15) is 4.79 Å². The minimum Gasteiger partial charge on any atom is -0.497 e. The Labute approximate surface area is 180 Å². The highest BCUT2D eigenvalue weighted by Crippen LogP contribution is 2.39. The Hall–Kier alpha value is -2.68. The summed E-state index contributed by atoms with van der Waals surface area (Å²) in [6.07, 6.45) is 3.62. The number of benzene rings is 1. The maximum atomic E-state index is 12.9. The van der Waals surface area contributed by atoms with Crippen LogP contribution in [0.5, 0.6) is 5.75 Å². The molecular formula is C21H19BrN4O2S. The van der Waals surface area contributed by atoms with Crippen LogP contribution in [0.3, 0.4) is 0 Å². The van der Waals surface area contributed by atoms with Crippen LogP contribution in [0.4, 0.5) is 0 Å². The van der Waals surface area contributed by atoms with Crippen LogP contribution in [0.15, 0.2) is 59.3 Å². The topological polar surface area (TPSA) is 93.0 Å². The largest absolute Gasteiger partial charge is 0.497 e. The molecule has 6 nitrogen and oxygen atoms in total. The number of H-pyrrole nitrogens is 1. The number of carbonyl (C=O) groups is 1. The molecule has 1 aromatic carbocycles. The quantitative estimate of drug-likeness (QED) is 0.386. The van der Waals surface area contributed by atoms with E-state index in [1.54, 1.807) is 13.3 Å². The van der Waals surface area contributed by atoms with Gasteiger partial charge in [-0.05, 0) is 51.8 Å². The van der Waals surface area contributed by atoms with Crippen LogP contribution < -0.4 is 15.8 Å². The average molecular weight is 471 g/mol. The number of aromatic nitrogens is 2. The van der Waals surface area contributed by atoms with Gasteiger partial charge in [0.1, 0.15) is 11.4 Å². The summed E-state index contributed by atoms with van der Waals surface area (Å²) >= 11 is 5.03. The van der Waals surface area contributed by atoms with Crippen LogP contribution in [0.2, 0.25) is 0 Å². The maximum absolute atomic E-state index is 12.9. The van der Waals surface area contributed by atoms with Gasteiger partial charge in [0.05, 0.1) is 22.9 Å². The SMILES string of the molecule is COc1ccc(C(CN)NC(=O)c2cc(Br)c(-c3ccnc4[nH]ccc34)s2)cc1. The number of aromatic amines is 1. The highest BCUT2D eigenvalue weighted by molar-refractivity contribution is 9.10. The first kappa shape index (κ1) is 19.6. The van der Waals surface area contributed by atoms with E-state index in [1.807, 2.05) is 48.7 Å². The molecule has 0 fully saturated rings. The number of halogens is 1. The number of hydrogen-bond acceptors (Lipinski definition) is 5. The van der Waals surface area contributed by atoms with Crippen LogP contribution in [0, 0.1) is 0 Å². The van der Waals surface area contributed by atoms with Gasteiger partial charge in [-0.25, -0.2) is 4.98 Å². The van der Waals surface area contributed by atoms with Crippen molar-refractivity contribution in [3.63, 3.8) is 0 Å². The molecule has 0 saturated heterocycles. The highest BCUT2D eigenvalue weighted by atomic mass is 79.9. The number of fused-ring (bicyclic) bond motifs is 1. The van der Waals surface area contributed by atoms with Gasteiger partial charge in [-0.2, -0.15) is 0 Å². The molecule has 0 spiro atoms. The van der Waals surface area contributed by atoms with E-state index >= 15 is 0 Å². The number of ether oxygens (including phenoxy) is 1. The fourth-order valence-corrected chi connectivity index (χ4v) is 5.00. The van der Waals surface area contributed by atoms with Gasteiger partial charge in [0.2, 0.25) is 0 Å². The molecule has 148 valence electrons. The Morgan fingerprint density at radius 1 is 1.31 bits per heavy atom. The van der Waals surface area contributed by atoms with E-state index in [-0.39, 0.29) is 11.9 Å². The molecular weight excluding hydrogens is 452 g/mol. The van der Waals surface area contributed by atoms with Gasteiger partial charge >= 0.3 is 0 Å². The molecule has 0 aliphatic rings. The summed E-state index contributed by atoms with van der Waals surface area (Å²) in [5.74, 6) is 0.601. The number of amides is 1. The van der Waals surface area contributed by atoms with Crippen molar-refractivity contribution in [3.8, 4) is 16.2 Å². The van der Waals surface area contributed by atoms with E-state index < -0.39 is 0 Å². The zero-order valence-corrected chi connectivity index (χ0v) is 18.0. The third-order valence-electron chi connectivity index (χ3n) is 4.67. The zero-order chi connectivity index (χ0) is 20.4. The molecule has 0 aliphatic carbocycles. The number of methoxy groups -OCH3 is 1. The van der Waals surface area contributed by atoms with E-state index in [0.29, 0.717) is 11.4 Å². The predicted molar refractivity (Wildman–Crippen MR) is 119 cm³/mol. The smallest absolute Gasteiger partial charge is 0.261 e. The highest BCUT2D eigenvalue weighted by Gasteiger charge is 2.20. The number of thiophene rings is 1. The monoisotopic (exact) mass is 470 g/mol. The molecule has 0 saturated carbocycles. The van der Waals surface area contributed by atoms with E-state index in [0.717, 1.165) is 37.3 Å². The minimum absolute atomic E-state index is 0.160. The van der Waals surface area contributed by atoms with Gasteiger partial charge in [-0.3, -0.25) is 4.79 Å². The second-order valence-corrected chi connectivity index (χ2v) is 8.33. The number of nitrogens with one attached hydrogen (secondary N) is 2. The van der Waals surface area contributed by atoms with Crippen molar-refractivity contribution in [2.45, 2.75) is 6.04 Å². The van der Waals surface area contributed by atoms with Gasteiger partial charge in [-0.15, -0.1) is 11.3 Å². The van der Waals surface area contributed by atoms with Gasteiger partial charge in [0, 0.05) is 34.4 Å². The first-order valence-corrected chi connectivity index (χ1v) is 10.6. The van der Waals surface area contributed by atoms with Gasteiger partial charge in [-0.1, -0.05) is 12.1 Å². The van der Waals surface area contributed by atoms with Crippen LogP contribution in [0.1, 0.15) is 21.3 Å². The summed E-state index contributed by atoms with van der Waals surface area (Å²) in [5, 5.41) is 4.04. The lowest BCUT2D eigenvalue weighted by atomic mass is 10.1. The third-order valence-corrected chi connectivity index (χ3v) is 6.73. The number of hydrogen-bond donors (Lipinski definition) is 3. The Bertz CT molecular complexity index is 1150. The lowest BCUT2D eigenvalue weighted by Gasteiger charge is -2.17. The first-order chi connectivity index (χ1) is 14.1. The first-order valence-electron chi connectivity index (χ1n) is 8.97. The van der Waals surface area contributed by atoms with E-state index in [4.69, 9.17) is 10.5 Å². The van der Waals surface area contributed by atoms with Crippen molar-refractivity contribution >= 4 is 44.2 Å². The van der Waals surface area contributed by atoms with Gasteiger partial charge in [0.15, 0.2) is 0 Å². The maximum Gasteiger partial charge on any atom is 0.261 e. The molecule has 0 aliphatic heterocycles. The van der Waals surface area contributed by atoms with Crippen LogP contribution in [0.25, 0.3) is 21.5 Å². The predicted octanol–water partition coefficient (Wildman–Crippen LogP) is 4.49. The second kappa shape index (κ2) is 8.36. The average Bonchev–Trinajstić information content (AvgIpc) is 3.38. The summed E-state index contributed by atoms with van der Waals surface area (Å²) < 4.78 is 6.06. The Morgan fingerprint density at radius 2 is 2.10 bits per heavy atom. The Kier molecular flexibility index (Phi) is 5.66. The third kappa shape index (κ3) is 3.91. The van der Waals surface area contributed by atoms with E-state index in [2.05, 4.69) is 31.2 Å². The van der Waals surface area contributed by atoms with Crippen molar-refractivity contribution in [3.05, 3.63) is 69.8 Å². The number of carbonyl (C=O) groups excluding carboxylic acids is 1. The standard InChI is InChI=1S/C21H19BrN4O2S/c1-28-13-4-2-12(3-5-13)17(11-23)26-21(27)18-10-16(22)19(29-18)14-6-8-24-20-15(14)7-9-25-20/h2-10,17H,11,23H2,1H3,(H,24,25)(H,26,27). The summed E-state index contributed by atoms with van der Waals surface area (Å²) in [6, 6.07) is 13.0. The van der Waals surface area contributed by atoms with Crippen molar-refractivity contribution in [2.24, 2.45) is 5.73 Å². The van der Waals surface area contributed by atoms with E-state index in [1.165, 1.54) is 11.3 Å². The van der Waals surface area contributed by atoms with Crippen molar-refractivity contribution in [1.82, 2.24) is 15.3 Å². The van der Waals surface area contributed by atoms with Gasteiger partial charge in [0.25, 0.3) is 5.91 Å². The van der Waals surface area contributed by atoms with Crippen molar-refractivity contribution < 1.29 is 9.53 Å². The lowest BCUT2D eigenvalue weighted by molar-refractivity contribution is 0.0942. The number of rotatable bonds is 6. The fourth-order valence-electron chi connectivity index (χ4n) is 3.17. The Morgan fingerprint density at radius 3 is 2.83 bits per heavy atom. The molecule has 4 rings (SSSR count). The molecule has 8 heteroatoms. The normalized spacial score (nSPS) is 12.1. The molecule has 29 heavy (non-hydrogen) atoms. The summed E-state index contributed by atoms with van der Waals surface area (Å²) in [6.45, 7) is 0.297. The van der Waals surface area contributed by atoms with Crippen LogP contribution >= 0.6 is 27.3 Å². The van der Waals surface area contributed by atoms with Crippen molar-refractivity contribution in [2.75, 3.05) is 13.7 Å². The molecule has 0 bridgehead atoms. The Balaban J connectivity index is 1.59. The van der Waals surface area contributed by atoms with Crippen molar-refractivity contribution in [1.29, 1.82) is 0 Å². The number of nitrogens with two attached hydrogens (primary N) is 1. The molecule has 4 aromatic rings. The molecule has 1 amide bonds. The fraction of sp³-hybridized carbons (Fsp3) is 0.143. The molecule has 1 unspecified atom stereocenters. The molecule has 3 heterocycles. The van der Waals surface area contributed by atoms with Crippen LogP contribution in [-0.4, -0.2) is 29.5 Å².